The first-order valence-corrected chi connectivity index (χ1v) is 23.2. The first-order valence-electron chi connectivity index (χ1n) is 22.4. The van der Waals surface area contributed by atoms with E-state index in [0.29, 0.717) is 0 Å². The number of fused-ring (bicyclic) bond motifs is 10. The molecule has 1 aliphatic carbocycles. The summed E-state index contributed by atoms with van der Waals surface area (Å²) < 4.78 is 2.70. The lowest BCUT2D eigenvalue weighted by Crippen LogP contribution is -2.28. The molecule has 65 heavy (non-hydrogen) atoms. The number of thiophene rings is 1. The summed E-state index contributed by atoms with van der Waals surface area (Å²) in [5.41, 5.74) is 15.3. The normalized spacial score (nSPS) is 12.7. The van der Waals surface area contributed by atoms with Crippen molar-refractivity contribution in [3.63, 3.8) is 0 Å². The van der Waals surface area contributed by atoms with Gasteiger partial charge in [0, 0.05) is 42.6 Å². The van der Waals surface area contributed by atoms with E-state index in [2.05, 4.69) is 254 Å². The van der Waals surface area contributed by atoms with Crippen LogP contribution in [0.3, 0.4) is 0 Å². The first kappa shape index (κ1) is 37.5. The van der Waals surface area contributed by atoms with E-state index >= 15 is 0 Å². The van der Waals surface area contributed by atoms with Crippen LogP contribution >= 0.6 is 11.3 Å². The zero-order valence-electron chi connectivity index (χ0n) is 35.5. The van der Waals surface area contributed by atoms with Gasteiger partial charge in [-0.15, -0.1) is 11.3 Å². The lowest BCUT2D eigenvalue weighted by molar-refractivity contribution is 0.768. The van der Waals surface area contributed by atoms with Crippen molar-refractivity contribution >= 4 is 70.1 Å². The molecule has 12 aromatic rings. The Morgan fingerprint density at radius 2 is 0.862 bits per heavy atom. The van der Waals surface area contributed by atoms with Gasteiger partial charge in [-0.2, -0.15) is 0 Å². The van der Waals surface area contributed by atoms with Crippen LogP contribution in [0.15, 0.2) is 249 Å². The number of benzene rings is 11. The average Bonchev–Trinajstić information content (AvgIpc) is 3.91. The molecule has 0 aliphatic heterocycles. The van der Waals surface area contributed by atoms with E-state index in [-0.39, 0.29) is 0 Å². The molecule has 1 nitrogen and oxygen atoms in total. The minimum absolute atomic E-state index is 0.499. The standard InChI is InChI=1S/C63H41NS/c1-3-14-42(15-4-1)43-28-34-50(35-29-43)64(52-19-13-18-49(41-52)63(48-16-5-2-6-17-48)58-23-10-7-20-54(58)55-21-8-11-24-59(55)63)51-36-30-44(31-37-51)46-33-38-53-47(40-46)27-26-45-32-39-57-56-22-9-12-25-60(56)65-62(57)61(45)53/h1-41H. The molecule has 1 heterocycles. The van der Waals surface area contributed by atoms with Crippen LogP contribution in [0.2, 0.25) is 0 Å². The van der Waals surface area contributed by atoms with Gasteiger partial charge < -0.3 is 4.90 Å². The van der Waals surface area contributed by atoms with Crippen molar-refractivity contribution in [3.05, 3.63) is 271 Å². The molecule has 0 N–H and O–H groups in total. The number of hydrogen-bond acceptors (Lipinski definition) is 2. The molecule has 0 atom stereocenters. The third-order valence-corrected chi connectivity index (χ3v) is 14.9. The van der Waals surface area contributed by atoms with Gasteiger partial charge in [-0.25, -0.2) is 0 Å². The second kappa shape index (κ2) is 15.1. The van der Waals surface area contributed by atoms with Gasteiger partial charge in [0.25, 0.3) is 0 Å². The number of hydrogen-bond donors (Lipinski definition) is 0. The second-order valence-corrected chi connectivity index (χ2v) is 18.2. The topological polar surface area (TPSA) is 3.24 Å². The van der Waals surface area contributed by atoms with Crippen molar-refractivity contribution in [2.45, 2.75) is 5.41 Å². The molecule has 1 aliphatic rings. The summed E-state index contributed by atoms with van der Waals surface area (Å²) in [6.45, 7) is 0. The fourth-order valence-corrected chi connectivity index (χ4v) is 12.1. The van der Waals surface area contributed by atoms with Crippen LogP contribution < -0.4 is 4.90 Å². The molecule has 2 heteroatoms. The Kier molecular flexibility index (Phi) is 8.69. The zero-order chi connectivity index (χ0) is 42.9. The van der Waals surface area contributed by atoms with Gasteiger partial charge >= 0.3 is 0 Å². The monoisotopic (exact) mass is 843 g/mol. The Balaban J connectivity index is 0.944. The Hall–Kier alpha value is -8.04. The van der Waals surface area contributed by atoms with Gasteiger partial charge in [0.2, 0.25) is 0 Å². The van der Waals surface area contributed by atoms with Crippen LogP contribution in [0.4, 0.5) is 17.1 Å². The molecule has 0 radical (unpaired) electrons. The molecule has 1 aromatic heterocycles. The summed E-state index contributed by atoms with van der Waals surface area (Å²) in [4.78, 5) is 2.41. The predicted octanol–water partition coefficient (Wildman–Crippen LogP) is 17.5. The minimum Gasteiger partial charge on any atom is -0.310 e. The van der Waals surface area contributed by atoms with Crippen molar-refractivity contribution in [2.24, 2.45) is 0 Å². The van der Waals surface area contributed by atoms with E-state index in [1.165, 1.54) is 97.4 Å². The summed E-state index contributed by atoms with van der Waals surface area (Å²) in [5.74, 6) is 0. The largest absolute Gasteiger partial charge is 0.310 e. The van der Waals surface area contributed by atoms with E-state index in [9.17, 15) is 0 Å². The maximum Gasteiger partial charge on any atom is 0.0714 e. The molecule has 0 saturated heterocycles. The third-order valence-electron chi connectivity index (χ3n) is 13.7. The third kappa shape index (κ3) is 5.92. The molecule has 0 unspecified atom stereocenters. The predicted molar refractivity (Wildman–Crippen MR) is 277 cm³/mol. The summed E-state index contributed by atoms with van der Waals surface area (Å²) >= 11 is 1.90. The van der Waals surface area contributed by atoms with Crippen LogP contribution in [0.1, 0.15) is 22.3 Å². The van der Waals surface area contributed by atoms with Crippen molar-refractivity contribution in [1.82, 2.24) is 0 Å². The Bertz CT molecular complexity index is 3710. The molecular weight excluding hydrogens is 803 g/mol. The summed E-state index contributed by atoms with van der Waals surface area (Å²) in [5, 5.41) is 7.85. The molecule has 304 valence electrons. The van der Waals surface area contributed by atoms with E-state index in [4.69, 9.17) is 0 Å². The number of anilines is 3. The van der Waals surface area contributed by atoms with E-state index in [1.54, 1.807) is 0 Å². The molecular formula is C63H41NS. The Labute approximate surface area is 382 Å². The molecule has 13 rings (SSSR count). The highest BCUT2D eigenvalue weighted by Crippen LogP contribution is 2.56. The lowest BCUT2D eigenvalue weighted by Gasteiger charge is -2.35. The summed E-state index contributed by atoms with van der Waals surface area (Å²) in [6, 6.07) is 91.9. The Morgan fingerprint density at radius 3 is 1.58 bits per heavy atom. The summed E-state index contributed by atoms with van der Waals surface area (Å²) in [7, 11) is 0. The summed E-state index contributed by atoms with van der Waals surface area (Å²) in [6.07, 6.45) is 0. The van der Waals surface area contributed by atoms with Crippen molar-refractivity contribution in [2.75, 3.05) is 4.90 Å². The Morgan fingerprint density at radius 1 is 0.323 bits per heavy atom. The highest BCUT2D eigenvalue weighted by Gasteiger charge is 2.46. The van der Waals surface area contributed by atoms with Crippen LogP contribution in [-0.4, -0.2) is 0 Å². The maximum atomic E-state index is 2.42. The molecule has 11 aromatic carbocycles. The highest BCUT2D eigenvalue weighted by molar-refractivity contribution is 7.26. The fraction of sp³-hybridized carbons (Fsp3) is 0.0159. The molecule has 0 spiro atoms. The van der Waals surface area contributed by atoms with Crippen molar-refractivity contribution < 1.29 is 0 Å². The molecule has 0 fully saturated rings. The van der Waals surface area contributed by atoms with Gasteiger partial charge in [-0.3, -0.25) is 0 Å². The van der Waals surface area contributed by atoms with Gasteiger partial charge in [-0.05, 0) is 120 Å². The molecule has 0 bridgehead atoms. The van der Waals surface area contributed by atoms with Crippen molar-refractivity contribution in [3.8, 4) is 33.4 Å². The lowest BCUT2D eigenvalue weighted by atomic mass is 9.67. The smallest absolute Gasteiger partial charge is 0.0714 e. The minimum atomic E-state index is -0.499. The quantitative estimate of drug-likeness (QED) is 0.145. The zero-order valence-corrected chi connectivity index (χ0v) is 36.3. The number of rotatable bonds is 7. The fourth-order valence-electron chi connectivity index (χ4n) is 10.8. The molecule has 0 saturated carbocycles. The highest BCUT2D eigenvalue weighted by atomic mass is 32.1. The van der Waals surface area contributed by atoms with Crippen LogP contribution in [-0.2, 0) is 5.41 Å². The van der Waals surface area contributed by atoms with Crippen molar-refractivity contribution in [1.29, 1.82) is 0 Å². The van der Waals surface area contributed by atoms with Gasteiger partial charge in [-0.1, -0.05) is 200 Å². The van der Waals surface area contributed by atoms with Crippen LogP contribution in [0, 0.1) is 0 Å². The SMILES string of the molecule is c1ccc(-c2ccc(N(c3ccc(-c4ccc5c(ccc6ccc7c8ccccc8sc7c65)c4)cc3)c3cccc(C4(c5ccccc5)c5ccccc5-c5ccccc54)c3)cc2)cc1. The molecule has 0 amide bonds. The first-order chi connectivity index (χ1) is 32.2. The van der Waals surface area contributed by atoms with E-state index < -0.39 is 5.41 Å². The second-order valence-electron chi connectivity index (χ2n) is 17.2. The van der Waals surface area contributed by atoms with Gasteiger partial charge in [0.15, 0.2) is 0 Å². The van der Waals surface area contributed by atoms with E-state index in [1.807, 2.05) is 11.3 Å². The van der Waals surface area contributed by atoms with E-state index in [0.717, 1.165) is 17.1 Å². The average molecular weight is 844 g/mol. The van der Waals surface area contributed by atoms with Gasteiger partial charge in [0.05, 0.1) is 5.41 Å². The maximum absolute atomic E-state index is 2.42. The van der Waals surface area contributed by atoms with Crippen LogP contribution in [0.25, 0.3) is 75.1 Å². The van der Waals surface area contributed by atoms with Gasteiger partial charge in [0.1, 0.15) is 0 Å². The van der Waals surface area contributed by atoms with Crippen LogP contribution in [0.5, 0.6) is 0 Å². The number of nitrogens with zero attached hydrogens (tertiary/aromatic N) is 1.